The molecule has 0 unspecified atom stereocenters. The number of aliphatic imine (C=N–C) groups is 1. The molecule has 4 rings (SSSR count). The van der Waals surface area contributed by atoms with Gasteiger partial charge in [0.1, 0.15) is 11.5 Å². The van der Waals surface area contributed by atoms with Gasteiger partial charge in [-0.25, -0.2) is 15.0 Å². The molecule has 1 aliphatic heterocycles. The molecule has 1 aliphatic rings. The predicted octanol–water partition coefficient (Wildman–Crippen LogP) is 2.63. The molecular weight excluding hydrogens is 442 g/mol. The summed E-state index contributed by atoms with van der Waals surface area (Å²) in [5, 5.41) is 13.2. The minimum atomic E-state index is -0.180. The summed E-state index contributed by atoms with van der Waals surface area (Å²) >= 11 is 0. The highest BCUT2D eigenvalue weighted by Crippen LogP contribution is 2.26. The molecule has 0 aliphatic carbocycles. The maximum absolute atomic E-state index is 12.1. The number of carbonyl (C=O) groups is 1. The number of guanidine groups is 1. The number of fused-ring (bicyclic) bond motifs is 1. The molecule has 10 nitrogen and oxygen atoms in total. The van der Waals surface area contributed by atoms with Crippen LogP contribution in [0.2, 0.25) is 0 Å². The normalized spacial score (nSPS) is 16.3. The number of carbonyl (C=O) groups excluding carboxylic acids is 1. The fourth-order valence-electron chi connectivity index (χ4n) is 4.19. The highest BCUT2D eigenvalue weighted by Gasteiger charge is 2.32. The van der Waals surface area contributed by atoms with Gasteiger partial charge in [0, 0.05) is 45.3 Å². The van der Waals surface area contributed by atoms with Gasteiger partial charge in [-0.1, -0.05) is 19.9 Å². The van der Waals surface area contributed by atoms with Gasteiger partial charge in [0.2, 0.25) is 5.96 Å². The smallest absolute Gasteiger partial charge is 0.273 e. The zero-order chi connectivity index (χ0) is 24.9. The van der Waals surface area contributed by atoms with Gasteiger partial charge in [0.25, 0.3) is 5.91 Å². The van der Waals surface area contributed by atoms with Crippen LogP contribution >= 0.6 is 0 Å². The zero-order valence-corrected chi connectivity index (χ0v) is 20.4. The molecule has 10 heteroatoms. The van der Waals surface area contributed by atoms with E-state index in [0.717, 1.165) is 22.4 Å². The third-order valence-corrected chi connectivity index (χ3v) is 6.06. The van der Waals surface area contributed by atoms with Crippen molar-refractivity contribution in [3.05, 3.63) is 54.6 Å². The first-order chi connectivity index (χ1) is 16.9. The summed E-state index contributed by atoms with van der Waals surface area (Å²) in [5.74, 6) is 1.33. The lowest BCUT2D eigenvalue weighted by Crippen LogP contribution is -2.59. The maximum atomic E-state index is 12.1. The van der Waals surface area contributed by atoms with Crippen LogP contribution in [0.3, 0.4) is 0 Å². The summed E-state index contributed by atoms with van der Waals surface area (Å²) in [6.07, 6.45) is 6.97. The van der Waals surface area contributed by atoms with Crippen LogP contribution in [0.4, 0.5) is 11.5 Å². The number of benzene rings is 1. The van der Waals surface area contributed by atoms with E-state index >= 15 is 0 Å². The fourth-order valence-corrected chi connectivity index (χ4v) is 4.19. The van der Waals surface area contributed by atoms with Crippen molar-refractivity contribution in [2.24, 2.45) is 10.9 Å². The van der Waals surface area contributed by atoms with E-state index in [9.17, 15) is 10.1 Å². The average Bonchev–Trinajstić information content (AvgIpc) is 2.88. The first-order valence-electron chi connectivity index (χ1n) is 11.5. The molecule has 35 heavy (non-hydrogen) atoms. The van der Waals surface area contributed by atoms with Crippen LogP contribution in [0.15, 0.2) is 53.9 Å². The summed E-state index contributed by atoms with van der Waals surface area (Å²) in [4.78, 5) is 36.0. The number of rotatable bonds is 4. The Bertz CT molecular complexity index is 1260. The summed E-state index contributed by atoms with van der Waals surface area (Å²) in [6, 6.07) is 9.72. The second-order valence-electron chi connectivity index (χ2n) is 8.93. The third kappa shape index (κ3) is 5.14. The lowest BCUT2D eigenvalue weighted by atomic mass is 10.00. The van der Waals surface area contributed by atoms with E-state index in [4.69, 9.17) is 4.99 Å². The Kier molecular flexibility index (Phi) is 7.06. The van der Waals surface area contributed by atoms with Gasteiger partial charge >= 0.3 is 0 Å². The van der Waals surface area contributed by atoms with Gasteiger partial charge in [0.15, 0.2) is 6.19 Å². The van der Waals surface area contributed by atoms with E-state index in [-0.39, 0.29) is 17.9 Å². The number of anilines is 1. The van der Waals surface area contributed by atoms with Crippen LogP contribution in [0.1, 0.15) is 24.3 Å². The van der Waals surface area contributed by atoms with E-state index < -0.39 is 0 Å². The lowest BCUT2D eigenvalue weighted by molar-refractivity contribution is 0.0821. The van der Waals surface area contributed by atoms with Crippen molar-refractivity contribution in [3.8, 4) is 6.19 Å². The standard InChI is InChI=1S/C25H29N9O/c1-17(2)22-15-33(23-14-28-21(13-29-23)24(35)32(3)4)11-12-34(22)25(30-16-26)31-20-9-5-8-19-18(20)7-6-10-27-19/h5-10,13-14,17,22H,11-12,15H2,1-4H3,(H,30,31)/t22-/m1/s1. The van der Waals surface area contributed by atoms with Crippen LogP contribution in [-0.2, 0) is 0 Å². The van der Waals surface area contributed by atoms with E-state index in [1.165, 1.54) is 11.1 Å². The second kappa shape index (κ2) is 10.3. The van der Waals surface area contributed by atoms with Crippen molar-refractivity contribution in [1.29, 1.82) is 5.26 Å². The van der Waals surface area contributed by atoms with E-state index in [0.29, 0.717) is 31.3 Å². The molecule has 0 saturated carbocycles. The zero-order valence-electron chi connectivity index (χ0n) is 20.4. The third-order valence-electron chi connectivity index (χ3n) is 6.06. The molecule has 3 aromatic rings. The Labute approximate surface area is 204 Å². The van der Waals surface area contributed by atoms with Crippen molar-refractivity contribution in [2.75, 3.05) is 38.6 Å². The first kappa shape index (κ1) is 23.9. The highest BCUT2D eigenvalue weighted by molar-refractivity contribution is 5.94. The lowest BCUT2D eigenvalue weighted by Gasteiger charge is -2.44. The molecule has 0 radical (unpaired) electrons. The van der Waals surface area contributed by atoms with Crippen molar-refractivity contribution < 1.29 is 4.79 Å². The van der Waals surface area contributed by atoms with Crippen molar-refractivity contribution >= 4 is 34.3 Å². The Morgan fingerprint density at radius 1 is 1.17 bits per heavy atom. The number of aromatic nitrogens is 3. The minimum Gasteiger partial charge on any atom is -0.351 e. The van der Waals surface area contributed by atoms with Crippen molar-refractivity contribution in [1.82, 2.24) is 30.1 Å². The Balaban J connectivity index is 1.61. The number of hydrogen-bond donors (Lipinski definition) is 1. The van der Waals surface area contributed by atoms with Crippen LogP contribution in [0, 0.1) is 17.4 Å². The molecular formula is C25H29N9O. The van der Waals surface area contributed by atoms with Crippen molar-refractivity contribution in [2.45, 2.75) is 19.9 Å². The number of pyridine rings is 1. The maximum Gasteiger partial charge on any atom is 0.273 e. The topological polar surface area (TPSA) is 114 Å². The van der Waals surface area contributed by atoms with Gasteiger partial charge in [-0.05, 0) is 30.2 Å². The summed E-state index contributed by atoms with van der Waals surface area (Å²) < 4.78 is 0. The predicted molar refractivity (Wildman–Crippen MR) is 135 cm³/mol. The molecule has 1 aromatic carbocycles. The van der Waals surface area contributed by atoms with Gasteiger partial charge in [-0.15, -0.1) is 0 Å². The number of nitrogens with one attached hydrogen (secondary N) is 1. The summed E-state index contributed by atoms with van der Waals surface area (Å²) in [5.41, 5.74) is 1.92. The molecule has 1 N–H and O–H groups in total. The SMILES string of the molecule is CC(C)[C@H]1CN(c2cnc(C(=O)N(C)C)cn2)CCN1C(=Nc1cccc2ncccc12)NC#N. The van der Waals surface area contributed by atoms with E-state index in [1.807, 2.05) is 30.3 Å². The fraction of sp³-hybridized carbons (Fsp3) is 0.360. The van der Waals surface area contributed by atoms with E-state index in [1.54, 1.807) is 26.5 Å². The molecule has 0 spiro atoms. The molecule has 1 amide bonds. The monoisotopic (exact) mass is 471 g/mol. The number of nitrogens with zero attached hydrogens (tertiary/aromatic N) is 8. The van der Waals surface area contributed by atoms with Gasteiger partial charge in [0.05, 0.1) is 29.6 Å². The molecule has 3 heterocycles. The van der Waals surface area contributed by atoms with Gasteiger partial charge in [-0.2, -0.15) is 5.26 Å². The minimum absolute atomic E-state index is 0.0707. The summed E-state index contributed by atoms with van der Waals surface area (Å²) in [6.45, 7) is 6.28. The molecule has 2 aromatic heterocycles. The molecule has 1 fully saturated rings. The van der Waals surface area contributed by atoms with Crippen LogP contribution < -0.4 is 10.2 Å². The highest BCUT2D eigenvalue weighted by atomic mass is 16.2. The quantitative estimate of drug-likeness (QED) is 0.267. The number of nitriles is 1. The first-order valence-corrected chi connectivity index (χ1v) is 11.5. The Morgan fingerprint density at radius 3 is 2.69 bits per heavy atom. The Morgan fingerprint density at radius 2 is 2.00 bits per heavy atom. The van der Waals surface area contributed by atoms with Crippen LogP contribution in [0.5, 0.6) is 0 Å². The molecule has 180 valence electrons. The van der Waals surface area contributed by atoms with Crippen LogP contribution in [-0.4, -0.2) is 76.4 Å². The number of hydrogen-bond acceptors (Lipinski definition) is 7. The summed E-state index contributed by atoms with van der Waals surface area (Å²) in [7, 11) is 3.38. The van der Waals surface area contributed by atoms with Crippen LogP contribution in [0.25, 0.3) is 10.9 Å². The second-order valence-corrected chi connectivity index (χ2v) is 8.93. The largest absolute Gasteiger partial charge is 0.351 e. The molecule has 0 bridgehead atoms. The molecule has 1 atom stereocenters. The Hall–Kier alpha value is -4.26. The van der Waals surface area contributed by atoms with Crippen molar-refractivity contribution in [3.63, 3.8) is 0 Å². The average molecular weight is 472 g/mol. The molecule has 1 saturated heterocycles. The van der Waals surface area contributed by atoms with E-state index in [2.05, 4.69) is 50.1 Å². The number of amides is 1. The van der Waals surface area contributed by atoms with Gasteiger partial charge < -0.3 is 14.7 Å². The van der Waals surface area contributed by atoms with Gasteiger partial charge in [-0.3, -0.25) is 15.1 Å². The number of piperazine rings is 1.